The van der Waals surface area contributed by atoms with Crippen molar-refractivity contribution in [3.05, 3.63) is 22.5 Å². The van der Waals surface area contributed by atoms with E-state index in [-0.39, 0.29) is 34.7 Å². The summed E-state index contributed by atoms with van der Waals surface area (Å²) >= 11 is 0. The van der Waals surface area contributed by atoms with Crippen molar-refractivity contribution in [1.29, 1.82) is 0 Å². The summed E-state index contributed by atoms with van der Waals surface area (Å²) in [5, 5.41) is 22.6. The molecule has 0 bridgehead atoms. The van der Waals surface area contributed by atoms with E-state index in [0.717, 1.165) is 0 Å². The summed E-state index contributed by atoms with van der Waals surface area (Å²) in [4.78, 5) is 14.6. The summed E-state index contributed by atoms with van der Waals surface area (Å²) in [7, 11) is -5.65. The lowest BCUT2D eigenvalue weighted by Gasteiger charge is -2.51. The van der Waals surface area contributed by atoms with Crippen molar-refractivity contribution < 1.29 is 27.7 Å². The lowest BCUT2D eigenvalue weighted by molar-refractivity contribution is -0.398. The molecule has 1 aromatic heterocycles. The Hall–Kier alpha value is -1.16. The van der Waals surface area contributed by atoms with Crippen LogP contribution in [0.1, 0.15) is 61.6 Å². The molecule has 0 radical (unpaired) electrons. The van der Waals surface area contributed by atoms with E-state index < -0.39 is 46.6 Å². The van der Waals surface area contributed by atoms with Crippen LogP contribution >= 0.6 is 0 Å². The Morgan fingerprint density at radius 2 is 1.66 bits per heavy atom. The molecule has 12 heteroatoms. The lowest BCUT2D eigenvalue weighted by atomic mass is 10.1. The third-order valence-electron chi connectivity index (χ3n) is 6.73. The molecule has 2 fully saturated rings. The highest BCUT2D eigenvalue weighted by atomic mass is 28.5. The number of aromatic nitrogens is 2. The third-order valence-corrected chi connectivity index (χ3v) is 17.0. The van der Waals surface area contributed by atoms with Crippen molar-refractivity contribution in [1.82, 2.24) is 9.55 Å². The average Bonchev–Trinajstić information content (AvgIpc) is 3.26. The fourth-order valence-electron chi connectivity index (χ4n) is 5.01. The summed E-state index contributed by atoms with van der Waals surface area (Å²) in [5.74, 6) is -0.384. The van der Waals surface area contributed by atoms with Crippen LogP contribution in [0.15, 0.2) is 12.4 Å². The van der Waals surface area contributed by atoms with Crippen LogP contribution in [0.4, 0.5) is 5.95 Å². The number of fused-ring (bicyclic) bond motifs is 1. The van der Waals surface area contributed by atoms with Gasteiger partial charge in [0.05, 0.1) is 6.61 Å². The molecule has 182 valence electrons. The van der Waals surface area contributed by atoms with Crippen molar-refractivity contribution in [2.75, 3.05) is 6.61 Å². The number of rotatable bonds is 6. The zero-order valence-electron chi connectivity index (χ0n) is 20.2. The summed E-state index contributed by atoms with van der Waals surface area (Å²) in [6.07, 6.45) is -0.642. The first kappa shape index (κ1) is 25.5. The molecule has 0 aromatic carbocycles. The van der Waals surface area contributed by atoms with Crippen LogP contribution in [0.3, 0.4) is 0 Å². The lowest BCUT2D eigenvalue weighted by Crippen LogP contribution is -2.65. The van der Waals surface area contributed by atoms with Gasteiger partial charge >= 0.3 is 23.1 Å². The number of aliphatic hydroxyl groups excluding tert-OH is 1. The average molecular weight is 488 g/mol. The SMILES string of the molecule is CC(C)[Si]1(C(C)C)OC[C@H]2O[C@@H](n3ccnc3[N+](=O)[O-])[C@H](O)[C@@H]2O[Si](C(C)C)(C(C)C)O1. The highest BCUT2D eigenvalue weighted by Crippen LogP contribution is 2.48. The van der Waals surface area contributed by atoms with E-state index in [4.69, 9.17) is 17.7 Å². The van der Waals surface area contributed by atoms with Crippen LogP contribution < -0.4 is 0 Å². The first-order valence-electron chi connectivity index (χ1n) is 11.4. The van der Waals surface area contributed by atoms with Crippen LogP contribution in [0.2, 0.25) is 22.2 Å². The van der Waals surface area contributed by atoms with E-state index in [1.165, 1.54) is 17.0 Å². The molecule has 0 unspecified atom stereocenters. The van der Waals surface area contributed by atoms with Gasteiger partial charge in [-0.3, -0.25) is 0 Å². The zero-order valence-corrected chi connectivity index (χ0v) is 22.2. The number of hydrogen-bond acceptors (Lipinski definition) is 8. The second kappa shape index (κ2) is 9.24. The quantitative estimate of drug-likeness (QED) is 0.363. The number of nitro groups is 1. The predicted octanol–water partition coefficient (Wildman–Crippen LogP) is 4.01. The molecule has 0 spiro atoms. The molecular weight excluding hydrogens is 450 g/mol. The maximum absolute atomic E-state index is 11.4. The Labute approximate surface area is 191 Å². The van der Waals surface area contributed by atoms with Gasteiger partial charge in [-0.25, -0.2) is 0 Å². The Morgan fingerprint density at radius 1 is 1.09 bits per heavy atom. The molecule has 3 rings (SSSR count). The van der Waals surface area contributed by atoms with E-state index in [0.29, 0.717) is 0 Å². The molecule has 3 heterocycles. The number of nitrogens with zero attached hydrogens (tertiary/aromatic N) is 3. The Morgan fingerprint density at radius 3 is 2.16 bits per heavy atom. The van der Waals surface area contributed by atoms with Crippen LogP contribution in [-0.4, -0.2) is 61.6 Å². The fourth-order valence-corrected chi connectivity index (χ4v) is 16.2. The maximum atomic E-state index is 11.4. The van der Waals surface area contributed by atoms with Gasteiger partial charge in [-0.15, -0.1) is 0 Å². The van der Waals surface area contributed by atoms with E-state index in [2.05, 4.69) is 60.4 Å². The molecule has 32 heavy (non-hydrogen) atoms. The van der Waals surface area contributed by atoms with Crippen molar-refractivity contribution in [2.45, 2.75) is 102 Å². The van der Waals surface area contributed by atoms with Gasteiger partial charge in [0.1, 0.15) is 30.7 Å². The number of aliphatic hydroxyl groups is 1. The molecular formula is C20H37N3O7Si2. The van der Waals surface area contributed by atoms with Crippen molar-refractivity contribution in [2.24, 2.45) is 0 Å². The smallest absolute Gasteiger partial charge is 0.414 e. The van der Waals surface area contributed by atoms with Crippen LogP contribution in [0.25, 0.3) is 0 Å². The van der Waals surface area contributed by atoms with Gasteiger partial charge in [0.2, 0.25) is 6.23 Å². The van der Waals surface area contributed by atoms with Crippen LogP contribution in [-0.2, 0) is 17.7 Å². The molecule has 10 nitrogen and oxygen atoms in total. The Balaban J connectivity index is 2.06. The molecule has 0 aliphatic carbocycles. The molecule has 2 aliphatic heterocycles. The third kappa shape index (κ3) is 4.10. The molecule has 1 aromatic rings. The standard InChI is InChI=1S/C20H37N3O7Si2/c1-12(2)31(13(3)4)27-11-16-18(29-32(30-31,14(5)6)15(7)8)17(24)19(28-16)22-10-9-21-20(22)23(25)26/h9-10,12-19,24H,11H2,1-8H3/t16-,17-,18-,19-/m1/s1. The Kier molecular flexibility index (Phi) is 7.35. The number of imidazole rings is 1. The van der Waals surface area contributed by atoms with Gasteiger partial charge in [-0.1, -0.05) is 60.4 Å². The normalized spacial score (nSPS) is 30.0. The highest BCUT2D eigenvalue weighted by molar-refractivity contribution is 6.83. The van der Waals surface area contributed by atoms with Gasteiger partial charge in [0.15, 0.2) is 0 Å². The van der Waals surface area contributed by atoms with Gasteiger partial charge in [-0.05, 0) is 27.1 Å². The molecule has 1 N–H and O–H groups in total. The number of hydrogen-bond donors (Lipinski definition) is 1. The monoisotopic (exact) mass is 487 g/mol. The maximum Gasteiger partial charge on any atom is 0.436 e. The molecule has 0 saturated carbocycles. The van der Waals surface area contributed by atoms with Gasteiger partial charge < -0.3 is 32.9 Å². The van der Waals surface area contributed by atoms with E-state index in [9.17, 15) is 15.2 Å². The van der Waals surface area contributed by atoms with E-state index in [1.807, 2.05) is 0 Å². The van der Waals surface area contributed by atoms with Gasteiger partial charge in [0, 0.05) is 0 Å². The second-order valence-electron chi connectivity index (χ2n) is 10.0. The zero-order chi connectivity index (χ0) is 24.0. The minimum absolute atomic E-state index is 0.100. The first-order valence-corrected chi connectivity index (χ1v) is 15.3. The highest BCUT2D eigenvalue weighted by Gasteiger charge is 2.62. The van der Waals surface area contributed by atoms with Crippen LogP contribution in [0, 0.1) is 10.1 Å². The van der Waals surface area contributed by atoms with Crippen molar-refractivity contribution in [3.8, 4) is 0 Å². The summed E-state index contributed by atoms with van der Waals surface area (Å²) in [6.45, 7) is 17.1. The topological polar surface area (TPSA) is 118 Å². The van der Waals surface area contributed by atoms with Crippen LogP contribution in [0.5, 0.6) is 0 Å². The van der Waals surface area contributed by atoms with Crippen molar-refractivity contribution >= 4 is 23.1 Å². The summed E-state index contributed by atoms with van der Waals surface area (Å²) in [5.41, 5.74) is 0.568. The molecule has 4 atom stereocenters. The summed E-state index contributed by atoms with van der Waals surface area (Å²) in [6, 6.07) is 0. The van der Waals surface area contributed by atoms with Crippen molar-refractivity contribution in [3.63, 3.8) is 0 Å². The fraction of sp³-hybridized carbons (Fsp3) is 0.850. The first-order chi connectivity index (χ1) is 14.9. The Bertz CT molecular complexity index is 801. The summed E-state index contributed by atoms with van der Waals surface area (Å²) < 4.78 is 28.0. The van der Waals surface area contributed by atoms with E-state index >= 15 is 0 Å². The number of ether oxygens (including phenoxy) is 1. The molecule has 0 amide bonds. The van der Waals surface area contributed by atoms with Gasteiger partial charge in [-0.2, -0.15) is 4.57 Å². The largest absolute Gasteiger partial charge is 0.436 e. The molecule has 2 aliphatic rings. The van der Waals surface area contributed by atoms with Gasteiger partial charge in [0.25, 0.3) is 0 Å². The minimum atomic E-state index is -2.92. The minimum Gasteiger partial charge on any atom is -0.414 e. The van der Waals surface area contributed by atoms with E-state index in [1.54, 1.807) is 0 Å². The molecule has 2 saturated heterocycles. The predicted molar refractivity (Wildman–Crippen MR) is 123 cm³/mol. The second-order valence-corrected chi connectivity index (χ2v) is 18.8.